The quantitative estimate of drug-likeness (QED) is 0.690. The second-order valence-electron chi connectivity index (χ2n) is 4.26. The Hall–Kier alpha value is -1.74. The summed E-state index contributed by atoms with van der Waals surface area (Å²) in [5.41, 5.74) is 2.89. The van der Waals surface area contributed by atoms with Gasteiger partial charge in [-0.2, -0.15) is 0 Å². The van der Waals surface area contributed by atoms with Gasteiger partial charge in [0, 0.05) is 26.7 Å². The van der Waals surface area contributed by atoms with Crippen molar-refractivity contribution >= 4 is 0 Å². The number of hydrogen-bond acceptors (Lipinski definition) is 3. The molecule has 0 fully saturated rings. The minimum atomic E-state index is 0.196. The zero-order valence-corrected chi connectivity index (χ0v) is 11.0. The van der Waals surface area contributed by atoms with E-state index in [4.69, 9.17) is 5.11 Å². The maximum atomic E-state index is 8.79. The average molecular weight is 246 g/mol. The van der Waals surface area contributed by atoms with E-state index in [-0.39, 0.29) is 6.61 Å². The van der Waals surface area contributed by atoms with Crippen molar-refractivity contribution in [2.24, 2.45) is 0 Å². The van der Waals surface area contributed by atoms with Gasteiger partial charge in [0.1, 0.15) is 0 Å². The zero-order valence-electron chi connectivity index (χ0n) is 11.0. The van der Waals surface area contributed by atoms with Crippen LogP contribution >= 0.6 is 0 Å². The van der Waals surface area contributed by atoms with Gasteiger partial charge in [-0.25, -0.2) is 0 Å². The molecule has 0 heterocycles. The van der Waals surface area contributed by atoms with Gasteiger partial charge in [-0.15, -0.1) is 0 Å². The van der Waals surface area contributed by atoms with Gasteiger partial charge in [-0.1, -0.05) is 43.5 Å². The summed E-state index contributed by atoms with van der Waals surface area (Å²) in [6.07, 6.45) is 0.738. The van der Waals surface area contributed by atoms with Crippen LogP contribution in [0.5, 0.6) is 0 Å². The molecular weight excluding hydrogens is 224 g/mol. The summed E-state index contributed by atoms with van der Waals surface area (Å²) >= 11 is 0. The van der Waals surface area contributed by atoms with E-state index < -0.39 is 0 Å². The first-order valence-electron chi connectivity index (χ1n) is 6.13. The second-order valence-corrected chi connectivity index (χ2v) is 4.26. The van der Waals surface area contributed by atoms with Crippen LogP contribution < -0.4 is 5.32 Å². The molecule has 0 atom stereocenters. The molecule has 0 saturated carbocycles. The zero-order chi connectivity index (χ0) is 13.4. The van der Waals surface area contributed by atoms with Crippen molar-refractivity contribution in [3.8, 4) is 0 Å². The average Bonchev–Trinajstić information content (AvgIpc) is 2.42. The van der Waals surface area contributed by atoms with Gasteiger partial charge in [0.15, 0.2) is 0 Å². The Morgan fingerprint density at radius 1 is 1.28 bits per heavy atom. The molecule has 3 nitrogen and oxygen atoms in total. The van der Waals surface area contributed by atoms with Crippen LogP contribution in [-0.2, 0) is 6.54 Å². The summed E-state index contributed by atoms with van der Waals surface area (Å²) in [5.74, 6) is 0. The van der Waals surface area contributed by atoms with Crippen LogP contribution in [0.2, 0.25) is 0 Å². The highest BCUT2D eigenvalue weighted by Crippen LogP contribution is 2.08. The summed E-state index contributed by atoms with van der Waals surface area (Å²) in [5, 5.41) is 12.1. The minimum absolute atomic E-state index is 0.196. The third-order valence-electron chi connectivity index (χ3n) is 2.81. The first-order chi connectivity index (χ1) is 8.65. The van der Waals surface area contributed by atoms with E-state index in [1.165, 1.54) is 5.56 Å². The maximum absolute atomic E-state index is 8.79. The number of rotatable bonds is 8. The first-order valence-corrected chi connectivity index (χ1v) is 6.13. The lowest BCUT2D eigenvalue weighted by Crippen LogP contribution is -2.25. The van der Waals surface area contributed by atoms with Crippen molar-refractivity contribution < 1.29 is 5.11 Å². The molecule has 0 unspecified atom stereocenters. The molecule has 0 aliphatic rings. The molecule has 0 aromatic heterocycles. The van der Waals surface area contributed by atoms with E-state index in [2.05, 4.69) is 30.6 Å². The highest BCUT2D eigenvalue weighted by Gasteiger charge is 2.05. The van der Waals surface area contributed by atoms with Crippen LogP contribution in [0.15, 0.2) is 54.9 Å². The molecule has 0 aliphatic carbocycles. The largest absolute Gasteiger partial charge is 0.396 e. The van der Waals surface area contributed by atoms with E-state index in [1.54, 1.807) is 0 Å². The Morgan fingerprint density at radius 3 is 2.56 bits per heavy atom. The Kier molecular flexibility index (Phi) is 6.01. The molecular formula is C15H22N2O. The topological polar surface area (TPSA) is 35.5 Å². The summed E-state index contributed by atoms with van der Waals surface area (Å²) < 4.78 is 0. The van der Waals surface area contributed by atoms with Gasteiger partial charge in [-0.05, 0) is 12.0 Å². The fourth-order valence-corrected chi connectivity index (χ4v) is 1.58. The van der Waals surface area contributed by atoms with Crippen LogP contribution in [0.3, 0.4) is 0 Å². The van der Waals surface area contributed by atoms with Gasteiger partial charge in [-0.3, -0.25) is 0 Å². The van der Waals surface area contributed by atoms with E-state index >= 15 is 0 Å². The fraction of sp³-hybridized carbons (Fsp3) is 0.333. The van der Waals surface area contributed by atoms with Crippen molar-refractivity contribution in [1.82, 2.24) is 10.2 Å². The van der Waals surface area contributed by atoms with Crippen LogP contribution in [0, 0.1) is 0 Å². The molecule has 1 rings (SSSR count). The Balaban J connectivity index is 2.38. The van der Waals surface area contributed by atoms with Crippen molar-refractivity contribution in [3.05, 3.63) is 60.4 Å². The predicted octanol–water partition coefficient (Wildman–Crippen LogP) is 2.12. The van der Waals surface area contributed by atoms with Gasteiger partial charge < -0.3 is 15.3 Å². The molecule has 0 aliphatic heterocycles. The number of benzene rings is 1. The first kappa shape index (κ1) is 14.3. The smallest absolute Gasteiger partial charge is 0.0520 e. The standard InChI is InChI=1S/C15H22N2O/c1-13(14(2)17(3)10-7-11-18)16-12-15-8-5-4-6-9-15/h4-6,8-9,16,18H,1-2,7,10-12H2,3H3. The molecule has 98 valence electrons. The number of hydrogen-bond donors (Lipinski definition) is 2. The molecule has 0 spiro atoms. The summed E-state index contributed by atoms with van der Waals surface area (Å²) in [6, 6.07) is 10.2. The van der Waals surface area contributed by atoms with E-state index in [9.17, 15) is 0 Å². The molecule has 3 heteroatoms. The number of nitrogens with one attached hydrogen (secondary N) is 1. The molecule has 0 saturated heterocycles. The summed E-state index contributed by atoms with van der Waals surface area (Å²) in [7, 11) is 1.95. The van der Waals surface area contributed by atoms with E-state index in [0.717, 1.165) is 30.9 Å². The van der Waals surface area contributed by atoms with E-state index in [1.807, 2.05) is 30.1 Å². The second kappa shape index (κ2) is 7.56. The van der Waals surface area contributed by atoms with Crippen molar-refractivity contribution in [1.29, 1.82) is 0 Å². The molecule has 0 amide bonds. The molecule has 2 N–H and O–H groups in total. The van der Waals surface area contributed by atoms with Crippen molar-refractivity contribution in [2.45, 2.75) is 13.0 Å². The Morgan fingerprint density at radius 2 is 1.94 bits per heavy atom. The minimum Gasteiger partial charge on any atom is -0.396 e. The van der Waals surface area contributed by atoms with Crippen molar-refractivity contribution in [2.75, 3.05) is 20.2 Å². The Labute approximate surface area is 109 Å². The third kappa shape index (κ3) is 4.63. The maximum Gasteiger partial charge on any atom is 0.0520 e. The predicted molar refractivity (Wildman–Crippen MR) is 75.9 cm³/mol. The number of nitrogens with zero attached hydrogens (tertiary/aromatic N) is 1. The van der Waals surface area contributed by atoms with Gasteiger partial charge in [0.05, 0.1) is 11.4 Å². The highest BCUT2D eigenvalue weighted by molar-refractivity contribution is 5.23. The SMILES string of the molecule is C=C(NCc1ccccc1)C(=C)N(C)CCCO. The number of aliphatic hydroxyl groups excluding tert-OH is 1. The number of aliphatic hydroxyl groups is 1. The fourth-order valence-electron chi connectivity index (χ4n) is 1.58. The van der Waals surface area contributed by atoms with E-state index in [0.29, 0.717) is 0 Å². The normalized spacial score (nSPS) is 9.89. The lowest BCUT2D eigenvalue weighted by Gasteiger charge is -2.23. The lowest BCUT2D eigenvalue weighted by atomic mass is 10.2. The van der Waals surface area contributed by atoms with Crippen LogP contribution in [0.25, 0.3) is 0 Å². The van der Waals surface area contributed by atoms with Crippen molar-refractivity contribution in [3.63, 3.8) is 0 Å². The number of likely N-dealkylation sites (N-methyl/N-ethyl adjacent to an activating group) is 1. The molecule has 0 bridgehead atoms. The summed E-state index contributed by atoms with van der Waals surface area (Å²) in [6.45, 7) is 9.70. The molecule has 18 heavy (non-hydrogen) atoms. The monoisotopic (exact) mass is 246 g/mol. The van der Waals surface area contributed by atoms with Crippen LogP contribution in [-0.4, -0.2) is 30.2 Å². The van der Waals surface area contributed by atoms with Crippen LogP contribution in [0.4, 0.5) is 0 Å². The van der Waals surface area contributed by atoms with Crippen LogP contribution in [0.1, 0.15) is 12.0 Å². The Bertz CT molecular complexity index is 387. The van der Waals surface area contributed by atoms with Gasteiger partial charge >= 0.3 is 0 Å². The molecule has 1 aromatic rings. The third-order valence-corrected chi connectivity index (χ3v) is 2.81. The lowest BCUT2D eigenvalue weighted by molar-refractivity contribution is 0.265. The summed E-state index contributed by atoms with van der Waals surface area (Å²) in [4.78, 5) is 2.00. The molecule has 1 aromatic carbocycles. The molecule has 0 radical (unpaired) electrons. The van der Waals surface area contributed by atoms with Gasteiger partial charge in [0.2, 0.25) is 0 Å². The van der Waals surface area contributed by atoms with Gasteiger partial charge in [0.25, 0.3) is 0 Å². The highest BCUT2D eigenvalue weighted by atomic mass is 16.3.